The predicted molar refractivity (Wildman–Crippen MR) is 127 cm³/mol. The second-order valence-electron chi connectivity index (χ2n) is 7.89. The summed E-state index contributed by atoms with van der Waals surface area (Å²) in [4.78, 5) is 29.6. The van der Waals surface area contributed by atoms with Crippen LogP contribution in [0.25, 0.3) is 10.9 Å². The summed E-state index contributed by atoms with van der Waals surface area (Å²) in [6.45, 7) is 7.58. The number of nitrogens with one attached hydrogen (secondary N) is 3. The van der Waals surface area contributed by atoms with Crippen LogP contribution in [0.1, 0.15) is 33.3 Å². The molecule has 0 saturated heterocycles. The number of esters is 2. The predicted octanol–water partition coefficient (Wildman–Crippen LogP) is 2.84. The smallest absolute Gasteiger partial charge is 0.391 e. The van der Waals surface area contributed by atoms with Crippen molar-refractivity contribution in [1.29, 1.82) is 0 Å². The van der Waals surface area contributed by atoms with Crippen molar-refractivity contribution in [3.05, 3.63) is 30.0 Å². The van der Waals surface area contributed by atoms with Crippen LogP contribution in [0.2, 0.25) is 0 Å². The first kappa shape index (κ1) is 26.9. The molecule has 0 saturated carbocycles. The van der Waals surface area contributed by atoms with Crippen molar-refractivity contribution in [2.45, 2.75) is 46.2 Å². The maximum Gasteiger partial charge on any atom is 0.391 e. The van der Waals surface area contributed by atoms with Crippen molar-refractivity contribution in [2.75, 3.05) is 33.9 Å². The second kappa shape index (κ2) is 12.2. The van der Waals surface area contributed by atoms with E-state index in [1.165, 1.54) is 13.8 Å². The molecule has 0 aliphatic rings. The van der Waals surface area contributed by atoms with E-state index in [-0.39, 0.29) is 13.2 Å². The minimum Gasteiger partial charge on any atom is -0.465 e. The fourth-order valence-corrected chi connectivity index (χ4v) is 5.05. The summed E-state index contributed by atoms with van der Waals surface area (Å²) in [5.74, 6) is -0.810. The van der Waals surface area contributed by atoms with Crippen LogP contribution in [0, 0.1) is 0 Å². The van der Waals surface area contributed by atoms with Gasteiger partial charge >= 0.3 is 19.6 Å². The monoisotopic (exact) mass is 482 g/mol. The van der Waals surface area contributed by atoms with Gasteiger partial charge in [-0.1, -0.05) is 6.07 Å². The molecule has 0 radical (unpaired) electrons. The standard InChI is InChI=1S/C22H35N4O6P/c1-7-30-21(27)15(3)24-33(29,25-16(4)22(28)31-8-2)32-19-11-9-10-18-20(19)17(14-23-18)12-13-26(5)6/h9-11,14-16,23H,7-8,12-13H2,1-6H3,(H2,24,25,29)/t15-,16+,33?. The van der Waals surface area contributed by atoms with Crippen LogP contribution in [-0.4, -0.2) is 67.8 Å². The fourth-order valence-electron chi connectivity index (χ4n) is 3.22. The van der Waals surface area contributed by atoms with Gasteiger partial charge in [-0.3, -0.25) is 9.59 Å². The lowest BCUT2D eigenvalue weighted by Gasteiger charge is -2.26. The number of aromatic nitrogens is 1. The van der Waals surface area contributed by atoms with E-state index in [2.05, 4.69) is 20.1 Å². The zero-order valence-corrected chi connectivity index (χ0v) is 21.0. The van der Waals surface area contributed by atoms with Crippen LogP contribution in [0.15, 0.2) is 24.4 Å². The maximum absolute atomic E-state index is 13.9. The van der Waals surface area contributed by atoms with E-state index < -0.39 is 31.7 Å². The van der Waals surface area contributed by atoms with Gasteiger partial charge in [-0.05, 0) is 65.9 Å². The first-order valence-corrected chi connectivity index (χ1v) is 12.6. The van der Waals surface area contributed by atoms with Gasteiger partial charge in [0.25, 0.3) is 0 Å². The number of carbonyl (C=O) groups excluding carboxylic acids is 2. The molecule has 33 heavy (non-hydrogen) atoms. The maximum atomic E-state index is 13.9. The van der Waals surface area contributed by atoms with E-state index in [0.29, 0.717) is 5.75 Å². The van der Waals surface area contributed by atoms with Crippen molar-refractivity contribution >= 4 is 30.5 Å². The summed E-state index contributed by atoms with van der Waals surface area (Å²) < 4.78 is 29.9. The molecule has 1 unspecified atom stereocenters. The van der Waals surface area contributed by atoms with Crippen LogP contribution < -0.4 is 14.7 Å². The molecule has 2 aromatic rings. The van der Waals surface area contributed by atoms with Gasteiger partial charge in [0, 0.05) is 23.6 Å². The third-order valence-electron chi connectivity index (χ3n) is 4.81. The Kier molecular flexibility index (Phi) is 9.91. The molecule has 3 atom stereocenters. The summed E-state index contributed by atoms with van der Waals surface area (Å²) >= 11 is 0. The van der Waals surface area contributed by atoms with Gasteiger partial charge in [-0.15, -0.1) is 0 Å². The van der Waals surface area contributed by atoms with Gasteiger partial charge in [0.1, 0.15) is 17.8 Å². The Labute approximate surface area is 194 Å². The Morgan fingerprint density at radius 3 is 2.15 bits per heavy atom. The zero-order valence-electron chi connectivity index (χ0n) is 20.1. The van der Waals surface area contributed by atoms with E-state index in [9.17, 15) is 14.2 Å². The number of likely N-dealkylation sites (N-methyl/N-ethyl adjacent to an activating group) is 1. The highest BCUT2D eigenvalue weighted by Crippen LogP contribution is 2.43. The molecule has 184 valence electrons. The first-order chi connectivity index (χ1) is 15.6. The van der Waals surface area contributed by atoms with Gasteiger partial charge in [-0.25, -0.2) is 14.7 Å². The SMILES string of the molecule is CCOC(=O)[C@H](C)NP(=O)(N[C@H](C)C(=O)OCC)Oc1cccc2[nH]cc(CCN(C)C)c12. The molecule has 0 spiro atoms. The molecule has 1 aromatic heterocycles. The minimum absolute atomic E-state index is 0.181. The third-order valence-corrected chi connectivity index (χ3v) is 6.72. The van der Waals surface area contributed by atoms with E-state index in [0.717, 1.165) is 29.4 Å². The summed E-state index contributed by atoms with van der Waals surface area (Å²) in [6, 6.07) is 3.48. The minimum atomic E-state index is -3.97. The quantitative estimate of drug-likeness (QED) is 0.292. The Bertz CT molecular complexity index is 962. The normalized spacial score (nSPS) is 15.1. The van der Waals surface area contributed by atoms with Gasteiger partial charge in [0.05, 0.1) is 13.2 Å². The van der Waals surface area contributed by atoms with Crippen molar-refractivity contribution in [1.82, 2.24) is 20.1 Å². The summed E-state index contributed by atoms with van der Waals surface area (Å²) in [6.07, 6.45) is 2.65. The average Bonchev–Trinajstić information content (AvgIpc) is 3.16. The highest BCUT2D eigenvalue weighted by Gasteiger charge is 2.35. The van der Waals surface area contributed by atoms with Gasteiger partial charge in [0.2, 0.25) is 0 Å². The molecule has 0 amide bonds. The van der Waals surface area contributed by atoms with Gasteiger partial charge < -0.3 is 23.9 Å². The summed E-state index contributed by atoms with van der Waals surface area (Å²) in [5.41, 5.74) is 1.82. The molecule has 10 nitrogen and oxygen atoms in total. The average molecular weight is 483 g/mol. The second-order valence-corrected chi connectivity index (χ2v) is 9.70. The van der Waals surface area contributed by atoms with Crippen molar-refractivity contribution in [3.8, 4) is 5.75 Å². The lowest BCUT2D eigenvalue weighted by atomic mass is 10.1. The van der Waals surface area contributed by atoms with E-state index in [1.807, 2.05) is 26.4 Å². The fraction of sp³-hybridized carbons (Fsp3) is 0.545. The van der Waals surface area contributed by atoms with Crippen molar-refractivity contribution in [2.24, 2.45) is 0 Å². The number of fused-ring (bicyclic) bond motifs is 1. The van der Waals surface area contributed by atoms with E-state index in [4.69, 9.17) is 14.0 Å². The third kappa shape index (κ3) is 7.57. The van der Waals surface area contributed by atoms with Crippen LogP contribution in [-0.2, 0) is 30.0 Å². The Hall–Kier alpha value is -2.39. The molecule has 11 heteroatoms. The number of hydrogen-bond acceptors (Lipinski definition) is 7. The number of H-pyrrole nitrogens is 1. The van der Waals surface area contributed by atoms with Crippen molar-refractivity contribution in [3.63, 3.8) is 0 Å². The molecular weight excluding hydrogens is 447 g/mol. The number of rotatable bonds is 13. The Morgan fingerprint density at radius 1 is 1.06 bits per heavy atom. The molecule has 1 heterocycles. The highest BCUT2D eigenvalue weighted by molar-refractivity contribution is 7.55. The molecule has 2 rings (SSSR count). The molecule has 0 fully saturated rings. The number of benzene rings is 1. The van der Waals surface area contributed by atoms with Crippen molar-refractivity contribution < 1.29 is 28.2 Å². The summed E-state index contributed by atoms with van der Waals surface area (Å²) in [5, 5.41) is 6.19. The van der Waals surface area contributed by atoms with Crippen LogP contribution >= 0.6 is 7.67 Å². The molecule has 3 N–H and O–H groups in total. The highest BCUT2D eigenvalue weighted by atomic mass is 31.2. The number of carbonyl (C=O) groups is 2. The molecule has 0 aliphatic heterocycles. The molecule has 0 aliphatic carbocycles. The zero-order chi connectivity index (χ0) is 24.6. The molecule has 0 bridgehead atoms. The molecule has 1 aromatic carbocycles. The Morgan fingerprint density at radius 2 is 1.64 bits per heavy atom. The number of hydrogen-bond donors (Lipinski definition) is 3. The van der Waals surface area contributed by atoms with Gasteiger partial charge in [0.15, 0.2) is 0 Å². The van der Waals surface area contributed by atoms with E-state index >= 15 is 0 Å². The number of aromatic amines is 1. The number of nitrogens with zero attached hydrogens (tertiary/aromatic N) is 1. The lowest BCUT2D eigenvalue weighted by molar-refractivity contribution is -0.145. The topological polar surface area (TPSA) is 122 Å². The summed E-state index contributed by atoms with van der Waals surface area (Å²) in [7, 11) is 0.00345. The largest absolute Gasteiger partial charge is 0.465 e. The lowest BCUT2D eigenvalue weighted by Crippen LogP contribution is -2.43. The first-order valence-electron chi connectivity index (χ1n) is 11.0. The molecular formula is C22H35N4O6P. The van der Waals surface area contributed by atoms with Crippen LogP contribution in [0.4, 0.5) is 0 Å². The van der Waals surface area contributed by atoms with E-state index in [1.54, 1.807) is 26.0 Å². The van der Waals surface area contributed by atoms with Gasteiger partial charge in [-0.2, -0.15) is 0 Å². The van der Waals surface area contributed by atoms with Crippen LogP contribution in [0.3, 0.4) is 0 Å². The van der Waals surface area contributed by atoms with Crippen LogP contribution in [0.5, 0.6) is 5.75 Å². The number of ether oxygens (including phenoxy) is 2. The Balaban J connectivity index is 2.40.